The summed E-state index contributed by atoms with van der Waals surface area (Å²) in [6.07, 6.45) is 0. The third-order valence-corrected chi connectivity index (χ3v) is 4.39. The van der Waals surface area contributed by atoms with E-state index in [0.717, 1.165) is 0 Å². The second-order valence-corrected chi connectivity index (χ2v) is 5.53. The zero-order valence-corrected chi connectivity index (χ0v) is 8.58. The number of ether oxygens (including phenoxy) is 1. The van der Waals surface area contributed by atoms with Crippen molar-refractivity contribution in [3.63, 3.8) is 0 Å². The van der Waals surface area contributed by atoms with E-state index in [-0.39, 0.29) is 11.7 Å². The average Bonchev–Trinajstić information content (AvgIpc) is 2.17. The molecule has 0 aromatic heterocycles. The van der Waals surface area contributed by atoms with E-state index in [9.17, 15) is 4.79 Å². The van der Waals surface area contributed by atoms with Crippen molar-refractivity contribution in [2.24, 2.45) is 5.73 Å². The molecule has 0 aromatic carbocycles. The molecule has 0 aromatic rings. The van der Waals surface area contributed by atoms with Crippen LogP contribution in [-0.4, -0.2) is 27.8 Å². The van der Waals surface area contributed by atoms with Gasteiger partial charge in [0.15, 0.2) is 0 Å². The Morgan fingerprint density at radius 3 is 2.60 bits per heavy atom. The third kappa shape index (κ3) is 1.24. The molecule has 6 heteroatoms. The number of ketones is 1. The molecule has 4 nitrogen and oxygen atoms in total. The van der Waals surface area contributed by atoms with E-state index in [2.05, 4.69) is 20.3 Å². The van der Waals surface area contributed by atoms with Crippen molar-refractivity contribution in [2.75, 3.05) is 0 Å². The summed E-state index contributed by atoms with van der Waals surface area (Å²) in [6.45, 7) is 0. The number of halogens is 1. The Balaban J connectivity index is 2.77. The van der Waals surface area contributed by atoms with Gasteiger partial charge in [-0.25, -0.2) is 20.3 Å². The van der Waals surface area contributed by atoms with E-state index in [1.807, 2.05) is 0 Å². The van der Waals surface area contributed by atoms with Gasteiger partial charge in [0.05, 0.1) is 0 Å². The molecule has 3 N–H and O–H groups in total. The topological polar surface area (TPSA) is 72.5 Å². The van der Waals surface area contributed by atoms with Crippen LogP contribution in [0.15, 0.2) is 11.6 Å². The fourth-order valence-corrected chi connectivity index (χ4v) is 2.95. The van der Waals surface area contributed by atoms with Crippen LogP contribution in [0.4, 0.5) is 0 Å². The number of aliphatic hydroxyl groups excluding tert-OH is 1. The highest BCUT2D eigenvalue weighted by Crippen LogP contribution is 2.15. The first kappa shape index (κ1) is 8.17. The van der Waals surface area contributed by atoms with Crippen LogP contribution in [0.1, 0.15) is 0 Å². The molecular formula is C4H5AlINO3. The molecule has 0 fully saturated rings. The molecule has 0 saturated carbocycles. The molecule has 1 heterocycles. The third-order valence-electron chi connectivity index (χ3n) is 1.17. The molecule has 10 heavy (non-hydrogen) atoms. The number of carbonyl (C=O) groups is 1. The molecule has 0 spiro atoms. The number of carbonyl (C=O) groups excluding carboxylic acids is 1. The fourth-order valence-electron chi connectivity index (χ4n) is 0.638. The molecule has 0 saturated heterocycles. The molecular weight excluding hydrogens is 264 g/mol. The van der Waals surface area contributed by atoms with Gasteiger partial charge < -0.3 is 15.6 Å². The summed E-state index contributed by atoms with van der Waals surface area (Å²) in [6, 6.07) is 0. The standard InChI is InChI=1S/C4H4NO3.Al.HI.H/c5-4-3(7)2(6)1-8-4;;;/h1,7H,5H2;;1H;/q;+1;;/p-1. The summed E-state index contributed by atoms with van der Waals surface area (Å²) >= 11 is 1.52. The summed E-state index contributed by atoms with van der Waals surface area (Å²) in [5.41, 5.74) is 5.14. The van der Waals surface area contributed by atoms with Crippen LogP contribution in [0.5, 0.6) is 0 Å². The minimum atomic E-state index is -0.604. The Labute approximate surface area is 74.8 Å². The van der Waals surface area contributed by atoms with Gasteiger partial charge in [0, 0.05) is 0 Å². The second kappa shape index (κ2) is 2.99. The van der Waals surface area contributed by atoms with Crippen LogP contribution in [0.3, 0.4) is 0 Å². The lowest BCUT2D eigenvalue weighted by molar-refractivity contribution is -0.120. The maximum absolute atomic E-state index is 10.9. The van der Waals surface area contributed by atoms with Crippen LogP contribution in [0.2, 0.25) is 0 Å². The Morgan fingerprint density at radius 1 is 1.80 bits per heavy atom. The lowest BCUT2D eigenvalue weighted by atomic mass is 10.4. The Kier molecular flexibility index (Phi) is 2.44. The van der Waals surface area contributed by atoms with Gasteiger partial charge in [-0.05, 0) is 0 Å². The fraction of sp³-hybridized carbons (Fsp3) is 0.250. The first-order valence-corrected chi connectivity index (χ1v) is 8.55. The highest BCUT2D eigenvalue weighted by Gasteiger charge is 2.33. The van der Waals surface area contributed by atoms with Crippen LogP contribution in [0.25, 0.3) is 0 Å². The van der Waals surface area contributed by atoms with Gasteiger partial charge in [0.2, 0.25) is 17.4 Å². The Hall–Kier alpha value is 0.0725. The van der Waals surface area contributed by atoms with Crippen LogP contribution >= 0.6 is 20.3 Å². The van der Waals surface area contributed by atoms with Crippen molar-refractivity contribution in [3.05, 3.63) is 11.6 Å². The number of aliphatic hydroxyl groups is 1. The molecule has 0 bridgehead atoms. The first-order chi connectivity index (χ1) is 4.66. The van der Waals surface area contributed by atoms with E-state index in [4.69, 9.17) is 15.6 Å². The number of hydrogen-bond donors (Lipinski definition) is 2. The monoisotopic (exact) mass is 269 g/mol. The number of nitrogens with two attached hydrogens (primary N) is 1. The lowest BCUT2D eigenvalue weighted by Gasteiger charge is -2.01. The van der Waals surface area contributed by atoms with Crippen LogP contribution in [-0.2, 0) is 9.53 Å². The molecule has 1 unspecified atom stereocenters. The largest absolute Gasteiger partial charge is 0.501 e. The SMILES string of the molecule is NC1=C(O)C(=O)[CH]([AlH][I])O1. The Morgan fingerprint density at radius 2 is 2.40 bits per heavy atom. The molecule has 0 aliphatic carbocycles. The summed E-state index contributed by atoms with van der Waals surface area (Å²) < 4.78 is 4.85. The van der Waals surface area contributed by atoms with Crippen LogP contribution in [0, 0.1) is 0 Å². The van der Waals surface area contributed by atoms with E-state index < -0.39 is 22.7 Å². The van der Waals surface area contributed by atoms with Crippen molar-refractivity contribution in [3.8, 4) is 0 Å². The van der Waals surface area contributed by atoms with E-state index in [1.165, 1.54) is 0 Å². The molecule has 0 radical (unpaired) electrons. The van der Waals surface area contributed by atoms with Gasteiger partial charge in [-0.15, -0.1) is 0 Å². The normalized spacial score (nSPS) is 24.9. The molecule has 0 amide bonds. The highest BCUT2D eigenvalue weighted by molar-refractivity contribution is 14.1. The summed E-state index contributed by atoms with van der Waals surface area (Å²) in [4.78, 5) is 10.4. The van der Waals surface area contributed by atoms with Crippen molar-refractivity contribution in [1.29, 1.82) is 0 Å². The van der Waals surface area contributed by atoms with Gasteiger partial charge in [-0.2, -0.15) is 0 Å². The Bertz CT molecular complexity index is 205. The van der Waals surface area contributed by atoms with E-state index >= 15 is 0 Å². The smallest absolute Gasteiger partial charge is 0.408 e. The maximum atomic E-state index is 10.9. The van der Waals surface area contributed by atoms with Crippen molar-refractivity contribution in [2.45, 2.75) is 4.97 Å². The molecule has 1 aliphatic heterocycles. The molecule has 54 valence electrons. The van der Waals surface area contributed by atoms with Crippen molar-refractivity contribution in [1.82, 2.24) is 0 Å². The van der Waals surface area contributed by atoms with Gasteiger partial charge in [-0.1, -0.05) is 0 Å². The van der Waals surface area contributed by atoms with Crippen molar-refractivity contribution < 1.29 is 14.6 Å². The first-order valence-electron chi connectivity index (χ1n) is 2.62. The summed E-state index contributed by atoms with van der Waals surface area (Å²) in [5.74, 6) is -0.896. The predicted molar refractivity (Wildman–Crippen MR) is 44.9 cm³/mol. The molecule has 1 rings (SSSR count). The number of hydrogen-bond acceptors (Lipinski definition) is 4. The predicted octanol–water partition coefficient (Wildman–Crippen LogP) is -0.616. The number of rotatable bonds is 1. The van der Waals surface area contributed by atoms with Crippen LogP contribution < -0.4 is 5.73 Å². The summed E-state index contributed by atoms with van der Waals surface area (Å²) in [5, 5.41) is 8.87. The van der Waals surface area contributed by atoms with Crippen molar-refractivity contribution >= 4 is 38.0 Å². The van der Waals surface area contributed by atoms with Gasteiger partial charge >= 0.3 is 11.9 Å². The van der Waals surface area contributed by atoms with Gasteiger partial charge in [-0.3, -0.25) is 4.79 Å². The minimum absolute atomic E-state index is 0.126. The second-order valence-electron chi connectivity index (χ2n) is 1.84. The van der Waals surface area contributed by atoms with E-state index in [1.54, 1.807) is 0 Å². The summed E-state index contributed by atoms with van der Waals surface area (Å²) in [7, 11) is 0. The maximum Gasteiger partial charge on any atom is 0.408 e. The quantitative estimate of drug-likeness (QED) is 0.491. The van der Waals surface area contributed by atoms with E-state index in [0.29, 0.717) is 0 Å². The van der Waals surface area contributed by atoms with Gasteiger partial charge in [0.1, 0.15) is 4.97 Å². The molecule has 1 atom stereocenters. The zero-order valence-electron chi connectivity index (χ0n) is 5.00. The number of Topliss-reactive ketones (excluding diaryl/α,β-unsaturated/α-hetero) is 1. The zero-order chi connectivity index (χ0) is 7.72. The molecule has 1 aliphatic rings. The lowest BCUT2D eigenvalue weighted by Crippen LogP contribution is -2.22. The average molecular weight is 269 g/mol. The highest BCUT2D eigenvalue weighted by atomic mass is 127. The van der Waals surface area contributed by atoms with Gasteiger partial charge in [0.25, 0.3) is 0 Å². The minimum Gasteiger partial charge on any atom is -0.501 e.